The Bertz CT molecular complexity index is 1180. The van der Waals surface area contributed by atoms with Gasteiger partial charge in [-0.15, -0.1) is 0 Å². The van der Waals surface area contributed by atoms with Crippen molar-refractivity contribution in [3.05, 3.63) is 80.5 Å². The molecular weight excluding hydrogens is 430 g/mol. The van der Waals surface area contributed by atoms with Gasteiger partial charge in [-0.1, -0.05) is 40.2 Å². The topological polar surface area (TPSA) is 96.4 Å². The number of fused-ring (bicyclic) bond motifs is 2. The number of nitrogens with two attached hydrogens (primary N) is 1. The van der Waals surface area contributed by atoms with Crippen LogP contribution in [0.1, 0.15) is 17.0 Å². The SMILES string of the molecule is CN1c2ccccc2C2=C([C@@H](c3cccc(Br)c3)C(C#N)=C(N)O2)S1(=O)=O. The Hall–Kier alpha value is -2.76. The molecule has 1 atom stereocenters. The number of rotatable bonds is 1. The van der Waals surface area contributed by atoms with Crippen LogP contribution in [0.25, 0.3) is 5.76 Å². The Morgan fingerprint density at radius 2 is 1.96 bits per heavy atom. The van der Waals surface area contributed by atoms with E-state index in [4.69, 9.17) is 10.5 Å². The van der Waals surface area contributed by atoms with Crippen molar-refractivity contribution >= 4 is 37.4 Å². The van der Waals surface area contributed by atoms with Gasteiger partial charge in [0.2, 0.25) is 5.88 Å². The maximum atomic E-state index is 13.4. The Labute approximate surface area is 165 Å². The van der Waals surface area contributed by atoms with E-state index in [1.165, 1.54) is 11.4 Å². The minimum Gasteiger partial charge on any atom is -0.439 e. The van der Waals surface area contributed by atoms with Crippen LogP contribution in [0.2, 0.25) is 0 Å². The van der Waals surface area contributed by atoms with Crippen LogP contribution in [-0.2, 0) is 14.8 Å². The first-order chi connectivity index (χ1) is 12.9. The molecule has 2 aromatic carbocycles. The smallest absolute Gasteiger partial charge is 0.264 e. The first kappa shape index (κ1) is 17.6. The van der Waals surface area contributed by atoms with Crippen LogP contribution in [0.15, 0.2) is 69.4 Å². The van der Waals surface area contributed by atoms with Gasteiger partial charge in [0.15, 0.2) is 5.76 Å². The van der Waals surface area contributed by atoms with Gasteiger partial charge < -0.3 is 10.5 Å². The van der Waals surface area contributed by atoms with Crippen molar-refractivity contribution in [1.29, 1.82) is 5.26 Å². The van der Waals surface area contributed by atoms with Crippen molar-refractivity contribution in [2.75, 3.05) is 11.4 Å². The van der Waals surface area contributed by atoms with E-state index in [0.29, 0.717) is 16.8 Å². The largest absolute Gasteiger partial charge is 0.439 e. The highest BCUT2D eigenvalue weighted by atomic mass is 79.9. The number of hydrogen-bond donors (Lipinski definition) is 1. The Morgan fingerprint density at radius 1 is 1.22 bits per heavy atom. The van der Waals surface area contributed by atoms with Crippen molar-refractivity contribution in [3.8, 4) is 6.07 Å². The maximum Gasteiger partial charge on any atom is 0.264 e. The predicted molar refractivity (Wildman–Crippen MR) is 105 cm³/mol. The third-order valence-corrected chi connectivity index (χ3v) is 7.07. The minimum absolute atomic E-state index is 0.0209. The zero-order chi connectivity index (χ0) is 19.3. The fourth-order valence-corrected chi connectivity index (χ4v) is 5.48. The van der Waals surface area contributed by atoms with E-state index < -0.39 is 15.9 Å². The van der Waals surface area contributed by atoms with E-state index in [1.54, 1.807) is 42.5 Å². The molecule has 0 unspecified atom stereocenters. The second-order valence-corrected chi connectivity index (χ2v) is 9.02. The lowest BCUT2D eigenvalue weighted by Crippen LogP contribution is -2.37. The molecule has 136 valence electrons. The average Bonchev–Trinajstić information content (AvgIpc) is 2.65. The van der Waals surface area contributed by atoms with Gasteiger partial charge in [-0.3, -0.25) is 4.31 Å². The Balaban J connectivity index is 2.09. The summed E-state index contributed by atoms with van der Waals surface area (Å²) in [5.41, 5.74) is 7.84. The molecule has 0 saturated heterocycles. The normalized spacial score (nSPS) is 20.5. The summed E-state index contributed by atoms with van der Waals surface area (Å²) >= 11 is 3.40. The number of anilines is 1. The zero-order valence-electron chi connectivity index (χ0n) is 14.2. The zero-order valence-corrected chi connectivity index (χ0v) is 16.6. The quantitative estimate of drug-likeness (QED) is 0.728. The van der Waals surface area contributed by atoms with Gasteiger partial charge in [0.1, 0.15) is 16.5 Å². The molecule has 0 aliphatic carbocycles. The highest BCUT2D eigenvalue weighted by Crippen LogP contribution is 2.50. The van der Waals surface area contributed by atoms with Crippen molar-refractivity contribution in [2.24, 2.45) is 5.73 Å². The van der Waals surface area contributed by atoms with Crippen molar-refractivity contribution < 1.29 is 13.2 Å². The summed E-state index contributed by atoms with van der Waals surface area (Å²) in [5, 5.41) is 9.67. The lowest BCUT2D eigenvalue weighted by Gasteiger charge is -2.36. The molecule has 2 aliphatic heterocycles. The highest BCUT2D eigenvalue weighted by molar-refractivity contribution is 9.10. The van der Waals surface area contributed by atoms with Gasteiger partial charge in [0.05, 0.1) is 11.6 Å². The van der Waals surface area contributed by atoms with Crippen LogP contribution < -0.4 is 10.0 Å². The molecule has 2 aromatic rings. The van der Waals surface area contributed by atoms with Gasteiger partial charge in [-0.2, -0.15) is 5.26 Å². The predicted octanol–water partition coefficient (Wildman–Crippen LogP) is 3.41. The standard InChI is InChI=1S/C19H14BrN3O3S/c1-23-15-8-3-2-7-13(15)17-18(27(23,24)25)16(14(10-21)19(22)26-17)11-5-4-6-12(20)9-11/h2-9,16H,22H2,1H3/t16-/m0/s1. The monoisotopic (exact) mass is 443 g/mol. The van der Waals surface area contributed by atoms with Gasteiger partial charge in [0.25, 0.3) is 10.0 Å². The maximum absolute atomic E-state index is 13.4. The molecule has 2 heterocycles. The second-order valence-electron chi connectivity index (χ2n) is 6.16. The number of para-hydroxylation sites is 1. The van der Waals surface area contributed by atoms with Crippen LogP contribution in [0.5, 0.6) is 0 Å². The van der Waals surface area contributed by atoms with E-state index in [9.17, 15) is 13.7 Å². The molecule has 0 spiro atoms. The Morgan fingerprint density at radius 3 is 2.67 bits per heavy atom. The molecule has 6 nitrogen and oxygen atoms in total. The molecule has 0 radical (unpaired) electrons. The van der Waals surface area contributed by atoms with Crippen molar-refractivity contribution in [2.45, 2.75) is 5.92 Å². The van der Waals surface area contributed by atoms with Crippen LogP contribution in [0, 0.1) is 11.3 Å². The number of nitrogens with zero attached hydrogens (tertiary/aromatic N) is 2. The minimum atomic E-state index is -3.92. The fourth-order valence-electron chi connectivity index (χ4n) is 3.41. The highest BCUT2D eigenvalue weighted by Gasteiger charge is 2.46. The third kappa shape index (κ3) is 2.54. The van der Waals surface area contributed by atoms with Crippen molar-refractivity contribution in [3.63, 3.8) is 0 Å². The first-order valence-electron chi connectivity index (χ1n) is 8.02. The summed E-state index contributed by atoms with van der Waals surface area (Å²) in [5.74, 6) is -0.766. The number of allylic oxidation sites excluding steroid dienone is 2. The summed E-state index contributed by atoms with van der Waals surface area (Å²) < 4.78 is 34.4. The van der Waals surface area contributed by atoms with Crippen LogP contribution in [0.3, 0.4) is 0 Å². The molecule has 2 aliphatic rings. The van der Waals surface area contributed by atoms with Gasteiger partial charge in [-0.25, -0.2) is 8.42 Å². The molecular formula is C19H14BrN3O3S. The lowest BCUT2D eigenvalue weighted by atomic mass is 9.88. The molecule has 0 amide bonds. The van der Waals surface area contributed by atoms with Gasteiger partial charge in [-0.05, 0) is 29.8 Å². The van der Waals surface area contributed by atoms with E-state index in [-0.39, 0.29) is 22.1 Å². The average molecular weight is 444 g/mol. The van der Waals surface area contributed by atoms with Crippen LogP contribution >= 0.6 is 15.9 Å². The number of benzene rings is 2. The summed E-state index contributed by atoms with van der Waals surface area (Å²) in [6.45, 7) is 0. The number of ether oxygens (including phenoxy) is 1. The van der Waals surface area contributed by atoms with E-state index in [2.05, 4.69) is 15.9 Å². The number of halogens is 1. The van der Waals surface area contributed by atoms with Crippen LogP contribution in [0.4, 0.5) is 5.69 Å². The third-order valence-electron chi connectivity index (χ3n) is 4.68. The lowest BCUT2D eigenvalue weighted by molar-refractivity contribution is 0.357. The molecule has 8 heteroatoms. The molecule has 27 heavy (non-hydrogen) atoms. The first-order valence-corrected chi connectivity index (χ1v) is 10.2. The number of hydrogen-bond acceptors (Lipinski definition) is 5. The molecule has 0 aromatic heterocycles. The fraction of sp³-hybridized carbons (Fsp3) is 0.105. The number of sulfonamides is 1. The molecule has 0 saturated carbocycles. The molecule has 0 bridgehead atoms. The van der Waals surface area contributed by atoms with Gasteiger partial charge in [0, 0.05) is 17.1 Å². The summed E-state index contributed by atoms with van der Waals surface area (Å²) in [6, 6.07) is 16.2. The molecule has 2 N–H and O–H groups in total. The number of nitriles is 1. The van der Waals surface area contributed by atoms with E-state index >= 15 is 0 Å². The summed E-state index contributed by atoms with van der Waals surface area (Å²) in [4.78, 5) is 0.0209. The van der Waals surface area contributed by atoms with E-state index in [1.807, 2.05) is 12.1 Å². The van der Waals surface area contributed by atoms with Gasteiger partial charge >= 0.3 is 0 Å². The van der Waals surface area contributed by atoms with E-state index in [0.717, 1.165) is 4.47 Å². The summed E-state index contributed by atoms with van der Waals surface area (Å²) in [6.07, 6.45) is 0. The van der Waals surface area contributed by atoms with Crippen molar-refractivity contribution in [1.82, 2.24) is 0 Å². The molecule has 0 fully saturated rings. The second kappa shape index (κ2) is 6.15. The Kier molecular flexibility index (Phi) is 4.02. The van der Waals surface area contributed by atoms with Crippen LogP contribution in [-0.4, -0.2) is 15.5 Å². The summed E-state index contributed by atoms with van der Waals surface area (Å²) in [7, 11) is -2.43. The molecule has 4 rings (SSSR count).